The molecule has 13 heavy (non-hydrogen) atoms. The van der Waals surface area contributed by atoms with E-state index in [-0.39, 0.29) is 5.92 Å². The molecule has 1 saturated carbocycles. The van der Waals surface area contributed by atoms with Gasteiger partial charge in [0.1, 0.15) is 12.1 Å². The first kappa shape index (κ1) is 10.0. The van der Waals surface area contributed by atoms with Crippen molar-refractivity contribution < 1.29 is 4.79 Å². The van der Waals surface area contributed by atoms with Crippen molar-refractivity contribution in [2.24, 2.45) is 28.5 Å². The van der Waals surface area contributed by atoms with Gasteiger partial charge in [-0.3, -0.25) is 0 Å². The number of carbonyl (C=O) groups excluding carboxylic acids is 1. The molecule has 0 radical (unpaired) electrons. The van der Waals surface area contributed by atoms with Crippen molar-refractivity contribution in [1.29, 1.82) is 0 Å². The molecule has 0 spiro atoms. The number of amidine groups is 1. The summed E-state index contributed by atoms with van der Waals surface area (Å²) in [5.74, 6) is 5.92. The average Bonchev–Trinajstić information content (AvgIpc) is 2.66. The number of rotatable bonds is 4. The van der Waals surface area contributed by atoms with E-state index in [9.17, 15) is 4.79 Å². The molecule has 1 aliphatic rings. The molecule has 4 nitrogen and oxygen atoms in total. The van der Waals surface area contributed by atoms with E-state index in [0.717, 1.165) is 19.1 Å². The van der Waals surface area contributed by atoms with Gasteiger partial charge in [-0.1, -0.05) is 12.8 Å². The monoisotopic (exact) mass is 183 g/mol. The van der Waals surface area contributed by atoms with Crippen molar-refractivity contribution in [3.8, 4) is 0 Å². The normalized spacial score (nSPS) is 21.7. The van der Waals surface area contributed by atoms with E-state index in [0.29, 0.717) is 18.2 Å². The molecule has 1 rings (SSSR count). The number of nitrogens with zero attached hydrogens (tertiary/aromatic N) is 1. The number of hydrazone groups is 1. The van der Waals surface area contributed by atoms with Crippen LogP contribution in [0.5, 0.6) is 0 Å². The minimum Gasteiger partial charge on any atom is -0.386 e. The third-order valence-electron chi connectivity index (χ3n) is 2.79. The van der Waals surface area contributed by atoms with Gasteiger partial charge in [0, 0.05) is 12.3 Å². The molecule has 74 valence electrons. The van der Waals surface area contributed by atoms with Gasteiger partial charge in [0.2, 0.25) is 0 Å². The van der Waals surface area contributed by atoms with Crippen LogP contribution in [-0.4, -0.2) is 12.1 Å². The highest BCUT2D eigenvalue weighted by Gasteiger charge is 2.25. The summed E-state index contributed by atoms with van der Waals surface area (Å²) in [6.07, 6.45) is 6.25. The van der Waals surface area contributed by atoms with Gasteiger partial charge in [-0.2, -0.15) is 5.10 Å². The minimum absolute atomic E-state index is 0.0230. The molecule has 4 N–H and O–H groups in total. The molecule has 1 fully saturated rings. The summed E-state index contributed by atoms with van der Waals surface area (Å²) in [5, 5.41) is 3.38. The second-order valence-corrected chi connectivity index (χ2v) is 3.67. The fourth-order valence-electron chi connectivity index (χ4n) is 2.01. The highest BCUT2D eigenvalue weighted by molar-refractivity contribution is 5.82. The fourth-order valence-corrected chi connectivity index (χ4v) is 2.01. The summed E-state index contributed by atoms with van der Waals surface area (Å²) in [6.45, 7) is 0. The van der Waals surface area contributed by atoms with Crippen molar-refractivity contribution in [3.63, 3.8) is 0 Å². The lowest BCUT2D eigenvalue weighted by Crippen LogP contribution is -2.23. The molecule has 1 aliphatic carbocycles. The van der Waals surface area contributed by atoms with Crippen LogP contribution in [0.2, 0.25) is 0 Å². The quantitative estimate of drug-likeness (QED) is 0.220. The Labute approximate surface area is 78.4 Å². The van der Waals surface area contributed by atoms with Gasteiger partial charge >= 0.3 is 0 Å². The lowest BCUT2D eigenvalue weighted by Gasteiger charge is -2.16. The first-order chi connectivity index (χ1) is 6.27. The smallest absolute Gasteiger partial charge is 0.123 e. The predicted molar refractivity (Wildman–Crippen MR) is 51.9 cm³/mol. The molecule has 0 amide bonds. The number of hydrogen-bond acceptors (Lipinski definition) is 3. The minimum atomic E-state index is 0.0230. The molecule has 0 heterocycles. The van der Waals surface area contributed by atoms with Gasteiger partial charge in [-0.05, 0) is 18.8 Å². The van der Waals surface area contributed by atoms with Gasteiger partial charge in [0.05, 0.1) is 0 Å². The van der Waals surface area contributed by atoms with Gasteiger partial charge < -0.3 is 16.4 Å². The van der Waals surface area contributed by atoms with Crippen LogP contribution in [0.3, 0.4) is 0 Å². The van der Waals surface area contributed by atoms with Gasteiger partial charge in [0.25, 0.3) is 0 Å². The van der Waals surface area contributed by atoms with Crippen LogP contribution >= 0.6 is 0 Å². The summed E-state index contributed by atoms with van der Waals surface area (Å²) >= 11 is 0. The Morgan fingerprint density at radius 2 is 2.15 bits per heavy atom. The van der Waals surface area contributed by atoms with E-state index in [4.69, 9.17) is 11.6 Å². The summed E-state index contributed by atoms with van der Waals surface area (Å²) in [5.41, 5.74) is 5.48. The Morgan fingerprint density at radius 3 is 2.62 bits per heavy atom. The Bertz CT molecular complexity index is 197. The second kappa shape index (κ2) is 4.84. The predicted octanol–water partition coefficient (Wildman–Crippen LogP) is 0.613. The first-order valence-electron chi connectivity index (χ1n) is 4.75. The maximum Gasteiger partial charge on any atom is 0.123 e. The zero-order valence-electron chi connectivity index (χ0n) is 7.78. The Balaban J connectivity index is 2.46. The van der Waals surface area contributed by atoms with Crippen LogP contribution < -0.4 is 11.6 Å². The van der Waals surface area contributed by atoms with Crippen LogP contribution in [-0.2, 0) is 4.79 Å². The van der Waals surface area contributed by atoms with E-state index in [1.54, 1.807) is 0 Å². The maximum absolute atomic E-state index is 10.8. The summed E-state index contributed by atoms with van der Waals surface area (Å²) < 4.78 is 0. The van der Waals surface area contributed by atoms with Crippen molar-refractivity contribution in [3.05, 3.63) is 0 Å². The van der Waals surface area contributed by atoms with Crippen LogP contribution in [0.15, 0.2) is 5.10 Å². The van der Waals surface area contributed by atoms with Gasteiger partial charge in [-0.15, -0.1) is 0 Å². The molecule has 0 aromatic carbocycles. The molecular formula is C9H17N3O. The zero-order chi connectivity index (χ0) is 9.68. The molecule has 0 saturated heterocycles. The lowest BCUT2D eigenvalue weighted by molar-refractivity contribution is -0.112. The van der Waals surface area contributed by atoms with E-state index < -0.39 is 0 Å². The van der Waals surface area contributed by atoms with Crippen molar-refractivity contribution in [2.45, 2.75) is 32.1 Å². The van der Waals surface area contributed by atoms with E-state index >= 15 is 0 Å². The first-order valence-corrected chi connectivity index (χ1v) is 4.75. The molecule has 0 aromatic heterocycles. The van der Waals surface area contributed by atoms with Crippen molar-refractivity contribution in [2.75, 3.05) is 0 Å². The Hall–Kier alpha value is -1.06. The maximum atomic E-state index is 10.8. The summed E-state index contributed by atoms with van der Waals surface area (Å²) in [6, 6.07) is 0. The number of nitrogens with two attached hydrogens (primary N) is 2. The highest BCUT2D eigenvalue weighted by Crippen LogP contribution is 2.31. The fraction of sp³-hybridized carbons (Fsp3) is 0.778. The van der Waals surface area contributed by atoms with Crippen LogP contribution in [0, 0.1) is 11.8 Å². The third-order valence-corrected chi connectivity index (χ3v) is 2.79. The Kier molecular flexibility index (Phi) is 3.73. The molecular weight excluding hydrogens is 166 g/mol. The molecule has 0 aliphatic heterocycles. The third kappa shape index (κ3) is 2.72. The number of carbonyl (C=O) groups is 1. The topological polar surface area (TPSA) is 81.5 Å². The van der Waals surface area contributed by atoms with Crippen LogP contribution in [0.1, 0.15) is 32.1 Å². The van der Waals surface area contributed by atoms with E-state index in [1.807, 2.05) is 0 Å². The molecule has 1 unspecified atom stereocenters. The van der Waals surface area contributed by atoms with Gasteiger partial charge in [-0.25, -0.2) is 0 Å². The number of hydrogen-bond donors (Lipinski definition) is 2. The summed E-state index contributed by atoms with van der Waals surface area (Å²) in [4.78, 5) is 10.8. The van der Waals surface area contributed by atoms with E-state index in [2.05, 4.69) is 5.10 Å². The standard InChI is InChI=1S/C9H17N3O/c10-9(12-11)5-8(6-13)7-3-1-2-4-7/h6-8H,1-5,11H2,(H2,10,12). The summed E-state index contributed by atoms with van der Waals surface area (Å²) in [7, 11) is 0. The molecule has 0 aromatic rings. The SMILES string of the molecule is N/N=C(\N)CC(C=O)C1CCCC1. The zero-order valence-corrected chi connectivity index (χ0v) is 7.78. The van der Waals surface area contributed by atoms with Crippen LogP contribution in [0.25, 0.3) is 0 Å². The lowest BCUT2D eigenvalue weighted by atomic mass is 9.89. The largest absolute Gasteiger partial charge is 0.386 e. The average molecular weight is 183 g/mol. The highest BCUT2D eigenvalue weighted by atomic mass is 16.1. The second-order valence-electron chi connectivity index (χ2n) is 3.67. The van der Waals surface area contributed by atoms with E-state index in [1.165, 1.54) is 12.8 Å². The molecule has 0 bridgehead atoms. The molecule has 4 heteroatoms. The van der Waals surface area contributed by atoms with Crippen LogP contribution in [0.4, 0.5) is 0 Å². The number of aldehydes is 1. The van der Waals surface area contributed by atoms with Gasteiger partial charge in [0.15, 0.2) is 0 Å². The van der Waals surface area contributed by atoms with Crippen molar-refractivity contribution >= 4 is 12.1 Å². The van der Waals surface area contributed by atoms with Crippen molar-refractivity contribution in [1.82, 2.24) is 0 Å². The molecule has 1 atom stereocenters. The Morgan fingerprint density at radius 1 is 1.54 bits per heavy atom.